The summed E-state index contributed by atoms with van der Waals surface area (Å²) < 4.78 is 5.62. The molecule has 0 radical (unpaired) electrons. The summed E-state index contributed by atoms with van der Waals surface area (Å²) >= 11 is 8.05. The quantitative estimate of drug-likeness (QED) is 0.528. The summed E-state index contributed by atoms with van der Waals surface area (Å²) in [5.74, 6) is 0.820. The summed E-state index contributed by atoms with van der Waals surface area (Å²) in [6, 6.07) is 8.20. The lowest BCUT2D eigenvalue weighted by molar-refractivity contribution is 0.0514. The van der Waals surface area contributed by atoms with Crippen molar-refractivity contribution in [3.63, 3.8) is 0 Å². The Kier molecular flexibility index (Phi) is 7.71. The molecular formula is C21H29ClN4OS. The predicted molar refractivity (Wildman–Crippen MR) is 118 cm³/mol. The number of hydrogen-bond donors (Lipinski definition) is 2. The van der Waals surface area contributed by atoms with Crippen LogP contribution in [0.25, 0.3) is 0 Å². The van der Waals surface area contributed by atoms with E-state index >= 15 is 0 Å². The molecule has 2 heterocycles. The predicted octanol–water partition coefficient (Wildman–Crippen LogP) is 3.81. The summed E-state index contributed by atoms with van der Waals surface area (Å²) in [7, 11) is 1.81. The monoisotopic (exact) mass is 420 g/mol. The van der Waals surface area contributed by atoms with Crippen molar-refractivity contribution in [2.24, 2.45) is 4.99 Å². The molecule has 2 aromatic rings. The van der Waals surface area contributed by atoms with Gasteiger partial charge in [-0.15, -0.1) is 11.3 Å². The number of ether oxygens (including phenoxy) is 1. The van der Waals surface area contributed by atoms with Gasteiger partial charge >= 0.3 is 0 Å². The standard InChI is InChI=1S/C21H29ClN4OS/c1-3-18-14-25-19(28-18)7-10-24-20(23-2)26-15-21(8-11-27-12-9-21)16-5-4-6-17(22)13-16/h4-6,13-14H,3,7-12,15H2,1-2H3,(H2,23,24,26). The fourth-order valence-corrected chi connectivity index (χ4v) is 4.59. The summed E-state index contributed by atoms with van der Waals surface area (Å²) in [6.45, 7) is 5.30. The van der Waals surface area contributed by atoms with Crippen molar-refractivity contribution < 1.29 is 4.74 Å². The van der Waals surface area contributed by atoms with Gasteiger partial charge in [-0.3, -0.25) is 4.99 Å². The number of benzene rings is 1. The highest BCUT2D eigenvalue weighted by Gasteiger charge is 2.34. The smallest absolute Gasteiger partial charge is 0.191 e. The Hall–Kier alpha value is -1.63. The summed E-state index contributed by atoms with van der Waals surface area (Å²) in [5, 5.41) is 8.88. The zero-order chi connectivity index (χ0) is 19.8. The highest BCUT2D eigenvalue weighted by Crippen LogP contribution is 2.35. The van der Waals surface area contributed by atoms with E-state index in [1.165, 1.54) is 15.4 Å². The third-order valence-electron chi connectivity index (χ3n) is 5.29. The molecule has 1 saturated heterocycles. The molecule has 5 nitrogen and oxygen atoms in total. The first-order valence-corrected chi connectivity index (χ1v) is 11.1. The molecule has 3 rings (SSSR count). The van der Waals surface area contributed by atoms with Crippen LogP contribution in [0, 0.1) is 0 Å². The molecule has 7 heteroatoms. The van der Waals surface area contributed by atoms with Crippen LogP contribution in [0.15, 0.2) is 35.5 Å². The van der Waals surface area contributed by atoms with Crippen molar-refractivity contribution in [2.45, 2.75) is 38.0 Å². The maximum absolute atomic E-state index is 6.26. The van der Waals surface area contributed by atoms with Crippen molar-refractivity contribution in [3.8, 4) is 0 Å². The van der Waals surface area contributed by atoms with Gasteiger partial charge in [0.15, 0.2) is 5.96 Å². The van der Waals surface area contributed by atoms with Crippen LogP contribution in [0.5, 0.6) is 0 Å². The minimum atomic E-state index is 0.00606. The first-order valence-electron chi connectivity index (χ1n) is 9.87. The fourth-order valence-electron chi connectivity index (χ4n) is 3.54. The lowest BCUT2D eigenvalue weighted by atomic mass is 9.74. The van der Waals surface area contributed by atoms with E-state index < -0.39 is 0 Å². The molecule has 1 aromatic heterocycles. The number of halogens is 1. The number of hydrogen-bond acceptors (Lipinski definition) is 4. The molecule has 0 amide bonds. The van der Waals surface area contributed by atoms with Crippen LogP contribution in [0.2, 0.25) is 5.02 Å². The molecule has 0 unspecified atom stereocenters. The highest BCUT2D eigenvalue weighted by atomic mass is 35.5. The number of thiazole rings is 1. The van der Waals surface area contributed by atoms with Crippen molar-refractivity contribution in [1.29, 1.82) is 0 Å². The largest absolute Gasteiger partial charge is 0.381 e. The number of aromatic nitrogens is 1. The van der Waals surface area contributed by atoms with E-state index in [4.69, 9.17) is 16.3 Å². The van der Waals surface area contributed by atoms with Gasteiger partial charge < -0.3 is 15.4 Å². The van der Waals surface area contributed by atoms with Crippen LogP contribution >= 0.6 is 22.9 Å². The number of nitrogens with one attached hydrogen (secondary N) is 2. The molecule has 2 N–H and O–H groups in total. The van der Waals surface area contributed by atoms with Gasteiger partial charge in [0.2, 0.25) is 0 Å². The number of aliphatic imine (C=N–C) groups is 1. The van der Waals surface area contributed by atoms with E-state index in [9.17, 15) is 0 Å². The van der Waals surface area contributed by atoms with Crippen molar-refractivity contribution in [1.82, 2.24) is 15.6 Å². The van der Waals surface area contributed by atoms with E-state index in [1.54, 1.807) is 11.3 Å². The third kappa shape index (κ3) is 5.46. The number of guanidine groups is 1. The molecule has 1 aromatic carbocycles. The molecule has 28 heavy (non-hydrogen) atoms. The lowest BCUT2D eigenvalue weighted by Crippen LogP contribution is -2.48. The Balaban J connectivity index is 1.58. The molecule has 1 aliphatic rings. The first kappa shape index (κ1) is 21.1. The fraction of sp³-hybridized carbons (Fsp3) is 0.524. The zero-order valence-corrected chi connectivity index (χ0v) is 18.2. The van der Waals surface area contributed by atoms with E-state index in [-0.39, 0.29) is 5.41 Å². The average molecular weight is 421 g/mol. The highest BCUT2D eigenvalue weighted by molar-refractivity contribution is 7.11. The Morgan fingerprint density at radius 1 is 1.32 bits per heavy atom. The second-order valence-corrected chi connectivity index (χ2v) is 8.72. The number of nitrogens with zero attached hydrogens (tertiary/aromatic N) is 2. The Morgan fingerprint density at radius 3 is 2.82 bits per heavy atom. The normalized spacial score (nSPS) is 16.8. The van der Waals surface area contributed by atoms with Crippen LogP contribution in [0.1, 0.15) is 35.2 Å². The second kappa shape index (κ2) is 10.2. The Bertz CT molecular complexity index is 786. The van der Waals surface area contributed by atoms with E-state index in [2.05, 4.69) is 39.7 Å². The van der Waals surface area contributed by atoms with Gasteiger partial charge in [0.05, 0.1) is 5.01 Å². The van der Waals surface area contributed by atoms with Gasteiger partial charge in [0.1, 0.15) is 0 Å². The summed E-state index contributed by atoms with van der Waals surface area (Å²) in [4.78, 5) is 10.2. The Morgan fingerprint density at radius 2 is 2.14 bits per heavy atom. The maximum atomic E-state index is 6.26. The summed E-state index contributed by atoms with van der Waals surface area (Å²) in [5.41, 5.74) is 1.27. The minimum absolute atomic E-state index is 0.00606. The molecule has 1 aliphatic heterocycles. The van der Waals surface area contributed by atoms with E-state index in [1.807, 2.05) is 25.4 Å². The number of aryl methyl sites for hydroxylation is 1. The SMILES string of the molecule is CCc1cnc(CCNC(=NC)NCC2(c3cccc(Cl)c3)CCOCC2)s1. The molecule has 0 saturated carbocycles. The molecule has 152 valence electrons. The van der Waals surface area contributed by atoms with Gasteiger partial charge in [-0.25, -0.2) is 4.98 Å². The van der Waals surface area contributed by atoms with Crippen LogP contribution < -0.4 is 10.6 Å². The van der Waals surface area contributed by atoms with E-state index in [0.29, 0.717) is 0 Å². The van der Waals surface area contributed by atoms with Gasteiger partial charge in [-0.05, 0) is 37.0 Å². The third-order valence-corrected chi connectivity index (χ3v) is 6.72. The minimum Gasteiger partial charge on any atom is -0.381 e. The van der Waals surface area contributed by atoms with Crippen molar-refractivity contribution in [2.75, 3.05) is 33.4 Å². The Labute approximate surface area is 176 Å². The second-order valence-electron chi connectivity index (χ2n) is 7.08. The topological polar surface area (TPSA) is 58.5 Å². The van der Waals surface area contributed by atoms with Gasteiger partial charge in [0, 0.05) is 61.3 Å². The first-order chi connectivity index (χ1) is 13.6. The van der Waals surface area contributed by atoms with Gasteiger partial charge in [-0.1, -0.05) is 30.7 Å². The maximum Gasteiger partial charge on any atom is 0.191 e. The lowest BCUT2D eigenvalue weighted by Gasteiger charge is -2.38. The molecule has 0 aliphatic carbocycles. The average Bonchev–Trinajstić information content (AvgIpc) is 3.19. The van der Waals surface area contributed by atoms with Crippen molar-refractivity contribution in [3.05, 3.63) is 50.9 Å². The van der Waals surface area contributed by atoms with Crippen molar-refractivity contribution >= 4 is 28.9 Å². The molecule has 0 spiro atoms. The van der Waals surface area contributed by atoms with Crippen LogP contribution in [-0.4, -0.2) is 44.3 Å². The molecular weight excluding hydrogens is 392 g/mol. The van der Waals surface area contributed by atoms with E-state index in [0.717, 1.165) is 63.0 Å². The van der Waals surface area contributed by atoms with Gasteiger partial charge in [0.25, 0.3) is 0 Å². The van der Waals surface area contributed by atoms with Crippen LogP contribution in [0.3, 0.4) is 0 Å². The van der Waals surface area contributed by atoms with Crippen LogP contribution in [-0.2, 0) is 23.0 Å². The zero-order valence-electron chi connectivity index (χ0n) is 16.6. The van der Waals surface area contributed by atoms with Gasteiger partial charge in [-0.2, -0.15) is 0 Å². The molecule has 1 fully saturated rings. The number of rotatable bonds is 7. The van der Waals surface area contributed by atoms with Crippen LogP contribution in [0.4, 0.5) is 0 Å². The molecule has 0 bridgehead atoms. The summed E-state index contributed by atoms with van der Waals surface area (Å²) in [6.07, 6.45) is 5.86. The molecule has 0 atom stereocenters.